The zero-order valence-corrected chi connectivity index (χ0v) is 12.3. The third kappa shape index (κ3) is 2.61. The predicted octanol–water partition coefficient (Wildman–Crippen LogP) is 3.78. The van der Waals surface area contributed by atoms with Crippen molar-refractivity contribution in [2.75, 3.05) is 19.5 Å². The Bertz CT molecular complexity index is 801. The van der Waals surface area contributed by atoms with Gasteiger partial charge in [-0.15, -0.1) is 0 Å². The van der Waals surface area contributed by atoms with Gasteiger partial charge in [-0.3, -0.25) is 4.98 Å². The molecule has 0 unspecified atom stereocenters. The summed E-state index contributed by atoms with van der Waals surface area (Å²) in [5.74, 6) is 1.77. The zero-order chi connectivity index (χ0) is 15.5. The van der Waals surface area contributed by atoms with Crippen molar-refractivity contribution in [2.45, 2.75) is 0 Å². The number of hydrogen-bond acceptors (Lipinski definition) is 5. The van der Waals surface area contributed by atoms with E-state index in [0.717, 1.165) is 11.1 Å². The molecule has 2 N–H and O–H groups in total. The van der Waals surface area contributed by atoms with Gasteiger partial charge < -0.3 is 19.9 Å². The number of benzene rings is 2. The Kier molecular flexibility index (Phi) is 3.70. The lowest BCUT2D eigenvalue weighted by Gasteiger charge is -2.11. The van der Waals surface area contributed by atoms with Crippen molar-refractivity contribution in [1.82, 2.24) is 4.98 Å². The lowest BCUT2D eigenvalue weighted by atomic mass is 10.2. The van der Waals surface area contributed by atoms with Crippen LogP contribution in [-0.2, 0) is 0 Å². The highest BCUT2D eigenvalue weighted by molar-refractivity contribution is 5.88. The summed E-state index contributed by atoms with van der Waals surface area (Å²) in [4.78, 5) is 4.28. The molecule has 5 nitrogen and oxygen atoms in total. The molecule has 22 heavy (non-hydrogen) atoms. The third-order valence-electron chi connectivity index (χ3n) is 3.37. The first kappa shape index (κ1) is 14.0. The molecule has 0 saturated heterocycles. The Morgan fingerprint density at radius 3 is 2.50 bits per heavy atom. The van der Waals surface area contributed by atoms with E-state index in [1.54, 1.807) is 24.4 Å². The molecule has 0 saturated carbocycles. The van der Waals surface area contributed by atoms with Crippen molar-refractivity contribution in [3.8, 4) is 23.0 Å². The summed E-state index contributed by atoms with van der Waals surface area (Å²) in [6.45, 7) is 0. The molecule has 0 fully saturated rings. The Hall–Kier alpha value is -2.95. The average Bonchev–Trinajstić information content (AvgIpc) is 2.55. The molecule has 2 aromatic carbocycles. The van der Waals surface area contributed by atoms with E-state index in [0.29, 0.717) is 22.8 Å². The minimum atomic E-state index is 0.0541. The molecular weight excluding hydrogens is 280 g/mol. The number of fused-ring (bicyclic) bond motifs is 1. The summed E-state index contributed by atoms with van der Waals surface area (Å²) in [5, 5.41) is 13.7. The number of nitrogens with zero attached hydrogens (tertiary/aromatic N) is 1. The first-order chi connectivity index (χ1) is 10.7. The summed E-state index contributed by atoms with van der Waals surface area (Å²) in [6.07, 6.45) is 1.66. The van der Waals surface area contributed by atoms with Crippen molar-refractivity contribution < 1.29 is 14.6 Å². The Morgan fingerprint density at radius 2 is 1.82 bits per heavy atom. The molecule has 0 aliphatic rings. The fraction of sp³-hybridized carbons (Fsp3) is 0.118. The topological polar surface area (TPSA) is 63.6 Å². The number of phenolic OH excluding ortho intramolecular Hbond substituents is 1. The number of rotatable bonds is 4. The van der Waals surface area contributed by atoms with E-state index in [2.05, 4.69) is 10.3 Å². The molecule has 1 aromatic heterocycles. The molecule has 0 atom stereocenters. The highest BCUT2D eigenvalue weighted by Gasteiger charge is 2.10. The lowest BCUT2D eigenvalue weighted by molar-refractivity contribution is 0.374. The standard InChI is InChI=1S/C17H16N2O3/c1-18-11-3-5-12(6-4-11)22-16-7-8-19-14-10-17(21-2)15(20)9-13(14)16/h3-10,18,20H,1-2H3. The number of anilines is 1. The van der Waals surface area contributed by atoms with Gasteiger partial charge >= 0.3 is 0 Å². The quantitative estimate of drug-likeness (QED) is 0.767. The van der Waals surface area contributed by atoms with Crippen LogP contribution in [0.5, 0.6) is 23.0 Å². The van der Waals surface area contributed by atoms with Crippen LogP contribution >= 0.6 is 0 Å². The maximum absolute atomic E-state index is 9.95. The van der Waals surface area contributed by atoms with Gasteiger partial charge in [-0.1, -0.05) is 0 Å². The molecule has 3 rings (SSSR count). The Balaban J connectivity index is 2.00. The smallest absolute Gasteiger partial charge is 0.162 e. The van der Waals surface area contributed by atoms with E-state index in [9.17, 15) is 5.11 Å². The SMILES string of the molecule is CNc1ccc(Oc2ccnc3cc(OC)c(O)cc23)cc1. The van der Waals surface area contributed by atoms with Gasteiger partial charge in [0.2, 0.25) is 0 Å². The second-order valence-corrected chi connectivity index (χ2v) is 4.73. The van der Waals surface area contributed by atoms with Gasteiger partial charge in [-0.05, 0) is 36.4 Å². The van der Waals surface area contributed by atoms with Crippen molar-refractivity contribution in [3.63, 3.8) is 0 Å². The van der Waals surface area contributed by atoms with E-state index >= 15 is 0 Å². The van der Waals surface area contributed by atoms with E-state index in [4.69, 9.17) is 9.47 Å². The van der Waals surface area contributed by atoms with E-state index in [-0.39, 0.29) is 5.75 Å². The number of aromatic nitrogens is 1. The summed E-state index contributed by atoms with van der Waals surface area (Å²) in [6, 6.07) is 12.7. The highest BCUT2D eigenvalue weighted by atomic mass is 16.5. The zero-order valence-electron chi connectivity index (χ0n) is 12.3. The number of nitrogens with one attached hydrogen (secondary N) is 1. The Morgan fingerprint density at radius 1 is 1.05 bits per heavy atom. The van der Waals surface area contributed by atoms with Crippen LogP contribution in [-0.4, -0.2) is 24.2 Å². The van der Waals surface area contributed by atoms with Crippen LogP contribution in [0.2, 0.25) is 0 Å². The van der Waals surface area contributed by atoms with Crippen LogP contribution in [0.3, 0.4) is 0 Å². The van der Waals surface area contributed by atoms with Gasteiger partial charge in [-0.2, -0.15) is 0 Å². The molecule has 0 aliphatic carbocycles. The molecular formula is C17H16N2O3. The number of aromatic hydroxyl groups is 1. The molecule has 0 aliphatic heterocycles. The summed E-state index contributed by atoms with van der Waals surface area (Å²) in [7, 11) is 3.37. The van der Waals surface area contributed by atoms with Crippen LogP contribution < -0.4 is 14.8 Å². The van der Waals surface area contributed by atoms with E-state index < -0.39 is 0 Å². The van der Waals surface area contributed by atoms with E-state index in [1.165, 1.54) is 7.11 Å². The lowest BCUT2D eigenvalue weighted by Crippen LogP contribution is -1.91. The van der Waals surface area contributed by atoms with Crippen molar-refractivity contribution in [1.29, 1.82) is 0 Å². The first-order valence-electron chi connectivity index (χ1n) is 6.82. The van der Waals surface area contributed by atoms with E-state index in [1.807, 2.05) is 31.3 Å². The normalized spacial score (nSPS) is 10.5. The van der Waals surface area contributed by atoms with Crippen LogP contribution in [0, 0.1) is 0 Å². The molecule has 0 amide bonds. The number of ether oxygens (including phenoxy) is 2. The number of methoxy groups -OCH3 is 1. The van der Waals surface area contributed by atoms with Crippen molar-refractivity contribution in [2.24, 2.45) is 0 Å². The second-order valence-electron chi connectivity index (χ2n) is 4.73. The third-order valence-corrected chi connectivity index (χ3v) is 3.37. The van der Waals surface area contributed by atoms with Gasteiger partial charge in [0.1, 0.15) is 11.5 Å². The molecule has 0 bridgehead atoms. The van der Waals surface area contributed by atoms with Crippen LogP contribution in [0.15, 0.2) is 48.7 Å². The largest absolute Gasteiger partial charge is 0.504 e. The maximum atomic E-state index is 9.95. The number of hydrogen-bond donors (Lipinski definition) is 2. The van der Waals surface area contributed by atoms with Gasteiger partial charge in [0.05, 0.1) is 12.6 Å². The van der Waals surface area contributed by atoms with Crippen molar-refractivity contribution >= 4 is 16.6 Å². The minimum Gasteiger partial charge on any atom is -0.504 e. The van der Waals surface area contributed by atoms with Crippen LogP contribution in [0.4, 0.5) is 5.69 Å². The number of phenols is 1. The average molecular weight is 296 g/mol. The van der Waals surface area contributed by atoms with Crippen LogP contribution in [0.1, 0.15) is 0 Å². The maximum Gasteiger partial charge on any atom is 0.162 e. The fourth-order valence-corrected chi connectivity index (χ4v) is 2.21. The van der Waals surface area contributed by atoms with Gasteiger partial charge in [0.15, 0.2) is 11.5 Å². The molecule has 1 heterocycles. The molecule has 112 valence electrons. The second kappa shape index (κ2) is 5.81. The fourth-order valence-electron chi connectivity index (χ4n) is 2.21. The van der Waals surface area contributed by atoms with Gasteiger partial charge in [-0.25, -0.2) is 0 Å². The molecule has 5 heteroatoms. The monoisotopic (exact) mass is 296 g/mol. The minimum absolute atomic E-state index is 0.0541. The molecule has 0 spiro atoms. The predicted molar refractivity (Wildman–Crippen MR) is 86.0 cm³/mol. The molecule has 0 radical (unpaired) electrons. The van der Waals surface area contributed by atoms with Crippen LogP contribution in [0.25, 0.3) is 10.9 Å². The van der Waals surface area contributed by atoms with Crippen molar-refractivity contribution in [3.05, 3.63) is 48.7 Å². The summed E-state index contributed by atoms with van der Waals surface area (Å²) >= 11 is 0. The van der Waals surface area contributed by atoms with Gasteiger partial charge in [0.25, 0.3) is 0 Å². The first-order valence-corrected chi connectivity index (χ1v) is 6.82. The van der Waals surface area contributed by atoms with Gasteiger partial charge in [0, 0.05) is 30.4 Å². The summed E-state index contributed by atoms with van der Waals surface area (Å²) in [5.41, 5.74) is 1.70. The number of pyridine rings is 1. The molecule has 3 aromatic rings. The summed E-state index contributed by atoms with van der Waals surface area (Å²) < 4.78 is 11.0. The Labute approximate surface area is 128 Å². The highest BCUT2D eigenvalue weighted by Crippen LogP contribution is 2.36.